The SMILES string of the molecule is CCC(C)NC(=O)c1cccc(CNC(=NC)NCCc2c[nH]c3cc(F)ccc23)c1. The van der Waals surface area contributed by atoms with E-state index < -0.39 is 0 Å². The van der Waals surface area contributed by atoms with Crippen LogP contribution in [-0.4, -0.2) is 36.5 Å². The molecule has 0 bridgehead atoms. The second kappa shape index (κ2) is 10.6. The molecule has 0 aliphatic heterocycles. The summed E-state index contributed by atoms with van der Waals surface area (Å²) in [6, 6.07) is 12.5. The Morgan fingerprint density at radius 3 is 2.81 bits per heavy atom. The predicted octanol–water partition coefficient (Wildman–Crippen LogP) is 3.74. The van der Waals surface area contributed by atoms with Crippen LogP contribution in [0.15, 0.2) is 53.7 Å². The van der Waals surface area contributed by atoms with Gasteiger partial charge in [0.05, 0.1) is 0 Å². The second-order valence-electron chi connectivity index (χ2n) is 7.59. The molecule has 0 saturated carbocycles. The Hall–Kier alpha value is -3.35. The molecule has 1 atom stereocenters. The van der Waals surface area contributed by atoms with Gasteiger partial charge in [0.15, 0.2) is 5.96 Å². The minimum atomic E-state index is -0.245. The molecule has 1 unspecified atom stereocenters. The van der Waals surface area contributed by atoms with Crippen LogP contribution in [0.4, 0.5) is 4.39 Å². The molecule has 4 N–H and O–H groups in total. The van der Waals surface area contributed by atoms with Crippen LogP contribution in [0.3, 0.4) is 0 Å². The van der Waals surface area contributed by atoms with Crippen molar-refractivity contribution in [2.45, 2.75) is 39.3 Å². The molecule has 7 heteroatoms. The Balaban J connectivity index is 1.51. The molecule has 0 radical (unpaired) electrons. The first-order valence-corrected chi connectivity index (χ1v) is 10.6. The van der Waals surface area contributed by atoms with Gasteiger partial charge in [-0.1, -0.05) is 19.1 Å². The van der Waals surface area contributed by atoms with E-state index in [1.165, 1.54) is 12.1 Å². The third-order valence-electron chi connectivity index (χ3n) is 5.28. The van der Waals surface area contributed by atoms with Crippen molar-refractivity contribution in [1.29, 1.82) is 0 Å². The molecule has 0 saturated heterocycles. The average Bonchev–Trinajstić information content (AvgIpc) is 3.17. The summed E-state index contributed by atoms with van der Waals surface area (Å²) in [6.07, 6.45) is 3.58. The number of benzene rings is 2. The van der Waals surface area contributed by atoms with Crippen molar-refractivity contribution in [1.82, 2.24) is 20.9 Å². The Labute approximate surface area is 182 Å². The first-order valence-electron chi connectivity index (χ1n) is 10.6. The molecule has 0 aliphatic rings. The Bertz CT molecular complexity index is 1060. The number of nitrogens with one attached hydrogen (secondary N) is 4. The fraction of sp³-hybridized carbons (Fsp3) is 0.333. The summed E-state index contributed by atoms with van der Waals surface area (Å²) in [7, 11) is 1.72. The van der Waals surface area contributed by atoms with Crippen molar-refractivity contribution < 1.29 is 9.18 Å². The summed E-state index contributed by atoms with van der Waals surface area (Å²) >= 11 is 0. The first-order chi connectivity index (χ1) is 15.0. The van der Waals surface area contributed by atoms with E-state index in [0.29, 0.717) is 24.6 Å². The van der Waals surface area contributed by atoms with Gasteiger partial charge in [-0.15, -0.1) is 0 Å². The number of aromatic amines is 1. The lowest BCUT2D eigenvalue weighted by atomic mass is 10.1. The van der Waals surface area contributed by atoms with Gasteiger partial charge in [0, 0.05) is 48.8 Å². The number of guanidine groups is 1. The third-order valence-corrected chi connectivity index (χ3v) is 5.28. The second-order valence-corrected chi connectivity index (χ2v) is 7.59. The highest BCUT2D eigenvalue weighted by Crippen LogP contribution is 2.19. The summed E-state index contributed by atoms with van der Waals surface area (Å²) in [6.45, 7) is 5.27. The van der Waals surface area contributed by atoms with E-state index in [9.17, 15) is 9.18 Å². The summed E-state index contributed by atoms with van der Waals surface area (Å²) < 4.78 is 13.3. The van der Waals surface area contributed by atoms with Crippen LogP contribution in [0.2, 0.25) is 0 Å². The molecule has 6 nitrogen and oxygen atoms in total. The zero-order chi connectivity index (χ0) is 22.2. The zero-order valence-electron chi connectivity index (χ0n) is 18.3. The zero-order valence-corrected chi connectivity index (χ0v) is 18.3. The Morgan fingerprint density at radius 1 is 1.19 bits per heavy atom. The van der Waals surface area contributed by atoms with Gasteiger partial charge >= 0.3 is 0 Å². The topological polar surface area (TPSA) is 81.3 Å². The van der Waals surface area contributed by atoms with Crippen LogP contribution in [0.25, 0.3) is 10.9 Å². The quantitative estimate of drug-likeness (QED) is 0.329. The third kappa shape index (κ3) is 6.07. The van der Waals surface area contributed by atoms with Gasteiger partial charge in [0.25, 0.3) is 5.91 Å². The molecule has 164 valence electrons. The van der Waals surface area contributed by atoms with Crippen LogP contribution in [0.5, 0.6) is 0 Å². The number of carbonyl (C=O) groups is 1. The number of carbonyl (C=O) groups excluding carboxylic acids is 1. The van der Waals surface area contributed by atoms with Crippen molar-refractivity contribution in [2.24, 2.45) is 4.99 Å². The van der Waals surface area contributed by atoms with E-state index in [1.807, 2.05) is 44.3 Å². The number of hydrogen-bond donors (Lipinski definition) is 4. The molecule has 1 heterocycles. The molecule has 2 aromatic carbocycles. The maximum atomic E-state index is 13.3. The number of aromatic nitrogens is 1. The molecule has 31 heavy (non-hydrogen) atoms. The number of halogens is 1. The fourth-order valence-corrected chi connectivity index (χ4v) is 3.32. The van der Waals surface area contributed by atoms with E-state index in [1.54, 1.807) is 13.1 Å². The van der Waals surface area contributed by atoms with E-state index in [4.69, 9.17) is 0 Å². The molecule has 1 amide bonds. The maximum absolute atomic E-state index is 13.3. The van der Waals surface area contributed by atoms with Gasteiger partial charge in [0.2, 0.25) is 0 Å². The molecule has 3 aromatic rings. The highest BCUT2D eigenvalue weighted by molar-refractivity contribution is 5.94. The van der Waals surface area contributed by atoms with Crippen LogP contribution >= 0.6 is 0 Å². The number of hydrogen-bond acceptors (Lipinski definition) is 2. The molecule has 1 aromatic heterocycles. The highest BCUT2D eigenvalue weighted by atomic mass is 19.1. The molecule has 0 spiro atoms. The molecule has 0 aliphatic carbocycles. The lowest BCUT2D eigenvalue weighted by Gasteiger charge is -2.14. The van der Waals surface area contributed by atoms with E-state index >= 15 is 0 Å². The normalized spacial score (nSPS) is 12.6. The monoisotopic (exact) mass is 423 g/mol. The summed E-state index contributed by atoms with van der Waals surface area (Å²) in [5.74, 6) is 0.378. The maximum Gasteiger partial charge on any atom is 0.251 e. The Morgan fingerprint density at radius 2 is 2.03 bits per heavy atom. The number of fused-ring (bicyclic) bond motifs is 1. The van der Waals surface area contributed by atoms with Crippen molar-refractivity contribution >= 4 is 22.8 Å². The van der Waals surface area contributed by atoms with Crippen LogP contribution in [0.1, 0.15) is 41.8 Å². The van der Waals surface area contributed by atoms with Gasteiger partial charge in [0.1, 0.15) is 5.82 Å². The standard InChI is InChI=1S/C24H30FN5O/c1-4-16(2)30-23(31)18-7-5-6-17(12-18)14-29-24(26-3)27-11-10-19-15-28-22-13-20(25)8-9-21(19)22/h5-9,12-13,15-16,28H,4,10-11,14H2,1-3H3,(H,30,31)(H2,26,27,29). The van der Waals surface area contributed by atoms with Crippen LogP contribution < -0.4 is 16.0 Å². The van der Waals surface area contributed by atoms with Crippen molar-refractivity contribution in [2.75, 3.05) is 13.6 Å². The van der Waals surface area contributed by atoms with Crippen molar-refractivity contribution in [3.05, 3.63) is 71.2 Å². The highest BCUT2D eigenvalue weighted by Gasteiger charge is 2.09. The van der Waals surface area contributed by atoms with E-state index in [-0.39, 0.29) is 17.8 Å². The minimum absolute atomic E-state index is 0.0580. The minimum Gasteiger partial charge on any atom is -0.361 e. The predicted molar refractivity (Wildman–Crippen MR) is 124 cm³/mol. The van der Waals surface area contributed by atoms with Gasteiger partial charge < -0.3 is 20.9 Å². The van der Waals surface area contributed by atoms with E-state index in [0.717, 1.165) is 34.9 Å². The van der Waals surface area contributed by atoms with Gasteiger partial charge in [-0.3, -0.25) is 9.79 Å². The van der Waals surface area contributed by atoms with Gasteiger partial charge in [-0.2, -0.15) is 0 Å². The van der Waals surface area contributed by atoms with Gasteiger partial charge in [-0.05, 0) is 61.2 Å². The summed E-state index contributed by atoms with van der Waals surface area (Å²) in [5.41, 5.74) is 3.57. The molecular formula is C24H30FN5O. The van der Waals surface area contributed by atoms with Crippen molar-refractivity contribution in [3.8, 4) is 0 Å². The number of amides is 1. The first kappa shape index (κ1) is 22.3. The van der Waals surface area contributed by atoms with E-state index in [2.05, 4.69) is 25.9 Å². The lowest BCUT2D eigenvalue weighted by molar-refractivity contribution is 0.0939. The number of nitrogens with zero attached hydrogens (tertiary/aromatic N) is 1. The molecule has 3 rings (SSSR count). The molecule has 0 fully saturated rings. The fourth-order valence-electron chi connectivity index (χ4n) is 3.32. The number of aliphatic imine (C=N–C) groups is 1. The smallest absolute Gasteiger partial charge is 0.251 e. The average molecular weight is 424 g/mol. The summed E-state index contributed by atoms with van der Waals surface area (Å²) in [4.78, 5) is 19.7. The van der Waals surface area contributed by atoms with Gasteiger partial charge in [-0.25, -0.2) is 4.39 Å². The van der Waals surface area contributed by atoms with Crippen molar-refractivity contribution in [3.63, 3.8) is 0 Å². The number of H-pyrrole nitrogens is 1. The lowest BCUT2D eigenvalue weighted by Crippen LogP contribution is -2.38. The largest absolute Gasteiger partial charge is 0.361 e. The number of rotatable bonds is 8. The molecular weight excluding hydrogens is 393 g/mol. The Kier molecular flexibility index (Phi) is 7.65. The summed E-state index contributed by atoms with van der Waals surface area (Å²) in [5, 5.41) is 10.6. The van der Waals surface area contributed by atoms with Crippen LogP contribution in [0, 0.1) is 5.82 Å². The van der Waals surface area contributed by atoms with Crippen LogP contribution in [-0.2, 0) is 13.0 Å².